The molecule has 2 unspecified atom stereocenters. The third-order valence-electron chi connectivity index (χ3n) is 11.7. The van der Waals surface area contributed by atoms with Crippen LogP contribution in [0.1, 0.15) is 11.5 Å². The van der Waals surface area contributed by atoms with E-state index >= 15 is 0 Å². The lowest BCUT2D eigenvalue weighted by molar-refractivity contribution is 0.725. The van der Waals surface area contributed by atoms with Crippen molar-refractivity contribution in [1.29, 1.82) is 0 Å². The van der Waals surface area contributed by atoms with Gasteiger partial charge in [0, 0.05) is 44.3 Å². The topological polar surface area (TPSA) is 51.8 Å². The Kier molecular flexibility index (Phi) is 6.95. The SMILES string of the molecule is C1=CC2c3ccccc3N(c3nc(-c4ccccc4-c4ccccc4-n4c5ccccc5c5ccccc54)nc(-n4c5ccccc5c5ccccc54)n3)C2C=C1. The zero-order valence-corrected chi connectivity index (χ0v) is 30.8. The predicted octanol–water partition coefficient (Wildman–Crippen LogP) is 12.1. The Balaban J connectivity index is 1.13. The molecule has 0 saturated carbocycles. The van der Waals surface area contributed by atoms with Crippen LogP contribution in [0.15, 0.2) is 194 Å². The average molecular weight is 731 g/mol. The number of aromatic nitrogens is 5. The largest absolute Gasteiger partial charge is 0.309 e. The minimum atomic E-state index is 0.0277. The highest BCUT2D eigenvalue weighted by Crippen LogP contribution is 2.47. The first-order valence-corrected chi connectivity index (χ1v) is 19.5. The Morgan fingerprint density at radius 1 is 0.368 bits per heavy atom. The summed E-state index contributed by atoms with van der Waals surface area (Å²) >= 11 is 0. The van der Waals surface area contributed by atoms with Crippen molar-refractivity contribution >= 4 is 55.2 Å². The molecule has 2 atom stereocenters. The van der Waals surface area contributed by atoms with Crippen molar-refractivity contribution in [2.45, 2.75) is 12.0 Å². The molecule has 2 aliphatic rings. The van der Waals surface area contributed by atoms with Crippen molar-refractivity contribution in [3.05, 3.63) is 200 Å². The summed E-state index contributed by atoms with van der Waals surface area (Å²) in [6.45, 7) is 0. The third kappa shape index (κ3) is 4.74. The van der Waals surface area contributed by atoms with E-state index in [-0.39, 0.29) is 12.0 Å². The van der Waals surface area contributed by atoms with Gasteiger partial charge in [-0.3, -0.25) is 4.57 Å². The van der Waals surface area contributed by atoms with E-state index in [1.165, 1.54) is 16.3 Å². The molecule has 12 rings (SSSR count). The van der Waals surface area contributed by atoms with Crippen molar-refractivity contribution in [3.8, 4) is 34.2 Å². The fourth-order valence-electron chi connectivity index (χ4n) is 9.33. The molecule has 57 heavy (non-hydrogen) atoms. The van der Waals surface area contributed by atoms with Crippen molar-refractivity contribution in [2.24, 2.45) is 0 Å². The molecule has 6 nitrogen and oxygen atoms in total. The molecule has 0 fully saturated rings. The van der Waals surface area contributed by atoms with E-state index < -0.39 is 0 Å². The summed E-state index contributed by atoms with van der Waals surface area (Å²) in [6, 6.07) is 60.3. The predicted molar refractivity (Wildman–Crippen MR) is 233 cm³/mol. The Bertz CT molecular complexity index is 3190. The van der Waals surface area contributed by atoms with Gasteiger partial charge in [-0.2, -0.15) is 15.0 Å². The van der Waals surface area contributed by atoms with Crippen LogP contribution in [0.3, 0.4) is 0 Å². The Hall–Kier alpha value is -7.57. The number of allylic oxidation sites excluding steroid dienone is 2. The zero-order chi connectivity index (χ0) is 37.5. The summed E-state index contributed by atoms with van der Waals surface area (Å²) in [7, 11) is 0. The molecule has 0 bridgehead atoms. The normalized spacial score (nSPS) is 15.9. The minimum absolute atomic E-state index is 0.0277. The fraction of sp³-hybridized carbons (Fsp3) is 0.0392. The number of hydrogen-bond acceptors (Lipinski definition) is 4. The van der Waals surface area contributed by atoms with Gasteiger partial charge in [-0.1, -0.05) is 158 Å². The van der Waals surface area contributed by atoms with Crippen LogP contribution in [0, 0.1) is 0 Å². The Morgan fingerprint density at radius 3 is 1.49 bits per heavy atom. The lowest BCUT2D eigenvalue weighted by Crippen LogP contribution is -2.30. The zero-order valence-electron chi connectivity index (χ0n) is 30.8. The first kappa shape index (κ1) is 31.7. The number of rotatable bonds is 5. The van der Waals surface area contributed by atoms with E-state index in [4.69, 9.17) is 15.0 Å². The van der Waals surface area contributed by atoms with Gasteiger partial charge >= 0.3 is 0 Å². The van der Waals surface area contributed by atoms with E-state index in [1.807, 2.05) is 0 Å². The molecule has 4 heterocycles. The molecular weight excluding hydrogens is 697 g/mol. The fourth-order valence-corrected chi connectivity index (χ4v) is 9.33. The summed E-state index contributed by atoms with van der Waals surface area (Å²) in [4.78, 5) is 18.6. The molecule has 1 aliphatic heterocycles. The second kappa shape index (κ2) is 12.5. The summed E-state index contributed by atoms with van der Waals surface area (Å²) < 4.78 is 4.59. The highest BCUT2D eigenvalue weighted by atomic mass is 15.3. The quantitative estimate of drug-likeness (QED) is 0.177. The number of anilines is 2. The summed E-state index contributed by atoms with van der Waals surface area (Å²) in [5.41, 5.74) is 11.0. The molecule has 0 amide bonds. The van der Waals surface area contributed by atoms with E-state index in [0.717, 1.165) is 60.9 Å². The number of hydrogen-bond donors (Lipinski definition) is 0. The Morgan fingerprint density at radius 2 is 0.842 bits per heavy atom. The van der Waals surface area contributed by atoms with E-state index in [0.29, 0.717) is 17.7 Å². The van der Waals surface area contributed by atoms with Gasteiger partial charge < -0.3 is 9.47 Å². The van der Waals surface area contributed by atoms with Crippen LogP contribution in [-0.4, -0.2) is 30.1 Å². The molecule has 0 N–H and O–H groups in total. The van der Waals surface area contributed by atoms with Crippen LogP contribution >= 0.6 is 0 Å². The van der Waals surface area contributed by atoms with Gasteiger partial charge in [0.2, 0.25) is 11.9 Å². The maximum absolute atomic E-state index is 5.45. The second-order valence-electron chi connectivity index (χ2n) is 14.8. The van der Waals surface area contributed by atoms with Gasteiger partial charge in [-0.25, -0.2) is 0 Å². The number of nitrogens with zero attached hydrogens (tertiary/aromatic N) is 6. The van der Waals surface area contributed by atoms with Gasteiger partial charge in [-0.15, -0.1) is 0 Å². The van der Waals surface area contributed by atoms with Crippen molar-refractivity contribution in [1.82, 2.24) is 24.1 Å². The number of para-hydroxylation sites is 6. The highest BCUT2D eigenvalue weighted by molar-refractivity contribution is 6.10. The molecule has 3 aromatic heterocycles. The maximum Gasteiger partial charge on any atom is 0.240 e. The lowest BCUT2D eigenvalue weighted by Gasteiger charge is -2.27. The van der Waals surface area contributed by atoms with Crippen LogP contribution in [0.4, 0.5) is 11.6 Å². The first-order chi connectivity index (χ1) is 28.3. The second-order valence-corrected chi connectivity index (χ2v) is 14.8. The van der Waals surface area contributed by atoms with Gasteiger partial charge in [-0.05, 0) is 47.5 Å². The van der Waals surface area contributed by atoms with E-state index in [2.05, 4.69) is 208 Å². The molecule has 0 saturated heterocycles. The summed E-state index contributed by atoms with van der Waals surface area (Å²) in [5.74, 6) is 1.99. The van der Waals surface area contributed by atoms with E-state index in [9.17, 15) is 0 Å². The van der Waals surface area contributed by atoms with Crippen molar-refractivity contribution in [3.63, 3.8) is 0 Å². The minimum Gasteiger partial charge on any atom is -0.309 e. The van der Waals surface area contributed by atoms with Crippen LogP contribution in [0.25, 0.3) is 77.8 Å². The van der Waals surface area contributed by atoms with Crippen LogP contribution in [0.2, 0.25) is 0 Å². The van der Waals surface area contributed by atoms with Gasteiger partial charge in [0.15, 0.2) is 5.82 Å². The van der Waals surface area contributed by atoms with Crippen LogP contribution < -0.4 is 4.90 Å². The van der Waals surface area contributed by atoms with Crippen molar-refractivity contribution < 1.29 is 0 Å². The van der Waals surface area contributed by atoms with Gasteiger partial charge in [0.25, 0.3) is 0 Å². The monoisotopic (exact) mass is 730 g/mol. The van der Waals surface area contributed by atoms with Gasteiger partial charge in [0.05, 0.1) is 33.8 Å². The highest BCUT2D eigenvalue weighted by Gasteiger charge is 2.39. The maximum atomic E-state index is 5.45. The van der Waals surface area contributed by atoms with Gasteiger partial charge in [0.1, 0.15) is 0 Å². The van der Waals surface area contributed by atoms with Crippen LogP contribution in [0.5, 0.6) is 0 Å². The number of benzene rings is 7. The molecule has 1 aliphatic carbocycles. The standard InChI is InChI=1S/C51H34N6/c1-2-25-41(33(17-1)34-18-3-10-26-42(34)55-43-27-11-4-19-35(43)36-20-5-12-28-44(36)55)49-52-50(56-45-29-13-6-21-37(45)38-22-7-14-30-46(38)56)54-51(53-49)57-47-31-15-8-23-39(47)40-24-9-16-32-48(40)57/h1-32,37,45H. The molecular formula is C51H34N6. The average Bonchev–Trinajstić information content (AvgIpc) is 3.92. The molecule has 6 heteroatoms. The smallest absolute Gasteiger partial charge is 0.240 e. The number of fused-ring (bicyclic) bond motifs is 9. The lowest BCUT2D eigenvalue weighted by atomic mass is 9.92. The summed E-state index contributed by atoms with van der Waals surface area (Å²) in [6.07, 6.45) is 8.84. The molecule has 7 aromatic carbocycles. The summed E-state index contributed by atoms with van der Waals surface area (Å²) in [5, 5.41) is 4.77. The van der Waals surface area contributed by atoms with E-state index in [1.54, 1.807) is 0 Å². The Labute approximate surface area is 328 Å². The third-order valence-corrected chi connectivity index (χ3v) is 11.7. The first-order valence-electron chi connectivity index (χ1n) is 19.5. The molecule has 0 radical (unpaired) electrons. The molecule has 268 valence electrons. The van der Waals surface area contributed by atoms with Crippen molar-refractivity contribution in [2.75, 3.05) is 4.90 Å². The van der Waals surface area contributed by atoms with Crippen LogP contribution in [-0.2, 0) is 0 Å². The molecule has 0 spiro atoms. The molecule has 10 aromatic rings.